The van der Waals surface area contributed by atoms with Crippen LogP contribution in [0.25, 0.3) is 0 Å². The lowest BCUT2D eigenvalue weighted by Crippen LogP contribution is -2.09. The number of ketones is 1. The topological polar surface area (TPSA) is 78.1 Å². The summed E-state index contributed by atoms with van der Waals surface area (Å²) < 4.78 is 5.88. The van der Waals surface area contributed by atoms with Crippen LogP contribution in [-0.2, 0) is 13.0 Å². The first-order chi connectivity index (χ1) is 12.7. The number of nitrogens with zero attached hydrogens (tertiary/aromatic N) is 2. The average Bonchev–Trinajstić information content (AvgIpc) is 2.69. The molecule has 140 valence electrons. The number of benzene rings is 2. The molecule has 3 aromatic rings. The molecule has 3 rings (SSSR count). The summed E-state index contributed by atoms with van der Waals surface area (Å²) in [7, 11) is 0. The lowest BCUT2D eigenvalue weighted by atomic mass is 10.00. The summed E-state index contributed by atoms with van der Waals surface area (Å²) in [5.74, 6) is 0.548. The number of hydrogen-bond acceptors (Lipinski definition) is 5. The molecule has 1 heterocycles. The standard InChI is InChI=1S/C21H21N3O2.ClH/c1-15(26-21-12-19(13-22)23-14-24-21)17-8-5-9-18(11-17)20(25)10-16-6-3-2-4-7-16;/h2-9,11-12,14-15H,10,13,22H2,1H3;1H. The lowest BCUT2D eigenvalue weighted by molar-refractivity contribution is 0.0992. The Morgan fingerprint density at radius 3 is 2.59 bits per heavy atom. The molecule has 1 aromatic heterocycles. The van der Waals surface area contributed by atoms with Crippen LogP contribution in [0.5, 0.6) is 5.88 Å². The van der Waals surface area contributed by atoms with Crippen molar-refractivity contribution >= 4 is 18.2 Å². The number of Topliss-reactive ketones (excluding diaryl/α,β-unsaturated/α-hetero) is 1. The van der Waals surface area contributed by atoms with Crippen molar-refractivity contribution in [1.29, 1.82) is 0 Å². The number of carbonyl (C=O) groups excluding carboxylic acids is 1. The van der Waals surface area contributed by atoms with Crippen LogP contribution in [0.4, 0.5) is 0 Å². The van der Waals surface area contributed by atoms with Gasteiger partial charge in [-0.15, -0.1) is 12.4 Å². The highest BCUT2D eigenvalue weighted by Crippen LogP contribution is 2.21. The second kappa shape index (κ2) is 9.80. The van der Waals surface area contributed by atoms with Crippen molar-refractivity contribution in [2.45, 2.75) is 26.0 Å². The second-order valence-corrected chi connectivity index (χ2v) is 6.02. The maximum atomic E-state index is 12.6. The third-order valence-corrected chi connectivity index (χ3v) is 4.09. The molecule has 0 aliphatic heterocycles. The first-order valence-electron chi connectivity index (χ1n) is 8.50. The number of nitrogens with two attached hydrogens (primary N) is 1. The van der Waals surface area contributed by atoms with Gasteiger partial charge in [-0.3, -0.25) is 4.79 Å². The molecular formula is C21H22ClN3O2. The zero-order valence-corrected chi connectivity index (χ0v) is 15.9. The minimum absolute atomic E-state index is 0. The maximum Gasteiger partial charge on any atom is 0.217 e. The van der Waals surface area contributed by atoms with Gasteiger partial charge in [-0.1, -0.05) is 48.5 Å². The van der Waals surface area contributed by atoms with Crippen LogP contribution in [0.1, 0.15) is 40.2 Å². The van der Waals surface area contributed by atoms with E-state index in [1.54, 1.807) is 6.07 Å². The van der Waals surface area contributed by atoms with Crippen LogP contribution in [0.15, 0.2) is 67.0 Å². The fourth-order valence-corrected chi connectivity index (χ4v) is 2.65. The molecule has 2 aromatic carbocycles. The van der Waals surface area contributed by atoms with E-state index in [1.807, 2.05) is 61.5 Å². The van der Waals surface area contributed by atoms with E-state index in [9.17, 15) is 4.79 Å². The van der Waals surface area contributed by atoms with Gasteiger partial charge in [-0.25, -0.2) is 9.97 Å². The van der Waals surface area contributed by atoms with Crippen molar-refractivity contribution in [3.63, 3.8) is 0 Å². The normalized spacial score (nSPS) is 11.3. The van der Waals surface area contributed by atoms with Crippen LogP contribution >= 0.6 is 12.4 Å². The summed E-state index contributed by atoms with van der Waals surface area (Å²) >= 11 is 0. The lowest BCUT2D eigenvalue weighted by Gasteiger charge is -2.15. The average molecular weight is 384 g/mol. The van der Waals surface area contributed by atoms with Gasteiger partial charge in [0.25, 0.3) is 0 Å². The van der Waals surface area contributed by atoms with Gasteiger partial charge >= 0.3 is 0 Å². The SMILES string of the molecule is CC(Oc1cc(CN)ncn1)c1cccc(C(=O)Cc2ccccc2)c1.Cl. The Labute approximate surface area is 165 Å². The molecule has 1 unspecified atom stereocenters. The van der Waals surface area contributed by atoms with Crippen LogP contribution in [0.3, 0.4) is 0 Å². The van der Waals surface area contributed by atoms with Gasteiger partial charge in [0.2, 0.25) is 5.88 Å². The Morgan fingerprint density at radius 1 is 1.07 bits per heavy atom. The monoisotopic (exact) mass is 383 g/mol. The van der Waals surface area contributed by atoms with Crippen molar-refractivity contribution in [3.8, 4) is 5.88 Å². The predicted octanol–water partition coefficient (Wildman–Crippen LogP) is 3.92. The predicted molar refractivity (Wildman–Crippen MR) is 107 cm³/mol. The van der Waals surface area contributed by atoms with E-state index < -0.39 is 0 Å². The molecule has 0 radical (unpaired) electrons. The van der Waals surface area contributed by atoms with E-state index in [-0.39, 0.29) is 24.3 Å². The molecule has 27 heavy (non-hydrogen) atoms. The van der Waals surface area contributed by atoms with Crippen molar-refractivity contribution < 1.29 is 9.53 Å². The second-order valence-electron chi connectivity index (χ2n) is 6.02. The zero-order chi connectivity index (χ0) is 18.4. The van der Waals surface area contributed by atoms with E-state index in [2.05, 4.69) is 9.97 Å². The van der Waals surface area contributed by atoms with Crippen molar-refractivity contribution in [1.82, 2.24) is 9.97 Å². The molecule has 5 nitrogen and oxygen atoms in total. The Morgan fingerprint density at radius 2 is 1.85 bits per heavy atom. The molecule has 0 amide bonds. The van der Waals surface area contributed by atoms with Gasteiger partial charge in [0.15, 0.2) is 5.78 Å². The third kappa shape index (κ3) is 5.61. The maximum absolute atomic E-state index is 12.6. The largest absolute Gasteiger partial charge is 0.470 e. The van der Waals surface area contributed by atoms with E-state index >= 15 is 0 Å². The third-order valence-electron chi connectivity index (χ3n) is 4.09. The van der Waals surface area contributed by atoms with Crippen LogP contribution in [-0.4, -0.2) is 15.8 Å². The van der Waals surface area contributed by atoms with Gasteiger partial charge in [-0.05, 0) is 24.1 Å². The molecule has 0 saturated heterocycles. The first kappa shape index (κ1) is 20.6. The Hall–Kier alpha value is -2.76. The summed E-state index contributed by atoms with van der Waals surface area (Å²) in [5.41, 5.74) is 8.90. The minimum Gasteiger partial charge on any atom is -0.470 e. The summed E-state index contributed by atoms with van der Waals surface area (Å²) in [6.07, 6.45) is 1.56. The number of ether oxygens (including phenoxy) is 1. The van der Waals surface area contributed by atoms with Gasteiger partial charge in [0.05, 0.1) is 5.69 Å². The number of rotatable bonds is 7. The van der Waals surface area contributed by atoms with E-state index in [1.165, 1.54) is 6.33 Å². The number of hydrogen-bond donors (Lipinski definition) is 1. The van der Waals surface area contributed by atoms with E-state index in [0.717, 1.165) is 11.1 Å². The molecule has 0 fully saturated rings. The Bertz CT molecular complexity index is 887. The Kier molecular flexibility index (Phi) is 7.46. The van der Waals surface area contributed by atoms with Crippen molar-refractivity contribution in [3.05, 3.63) is 89.4 Å². The van der Waals surface area contributed by atoms with E-state index in [4.69, 9.17) is 10.5 Å². The zero-order valence-electron chi connectivity index (χ0n) is 15.0. The highest BCUT2D eigenvalue weighted by atomic mass is 35.5. The minimum atomic E-state index is -0.250. The molecule has 0 bridgehead atoms. The first-order valence-corrected chi connectivity index (χ1v) is 8.50. The van der Waals surface area contributed by atoms with Crippen LogP contribution in [0.2, 0.25) is 0 Å². The van der Waals surface area contributed by atoms with Crippen molar-refractivity contribution in [2.75, 3.05) is 0 Å². The molecule has 0 aliphatic carbocycles. The number of aromatic nitrogens is 2. The van der Waals surface area contributed by atoms with Gasteiger partial charge < -0.3 is 10.5 Å². The molecule has 1 atom stereocenters. The summed E-state index contributed by atoms with van der Waals surface area (Å²) in [5, 5.41) is 0. The van der Waals surface area contributed by atoms with Crippen LogP contribution < -0.4 is 10.5 Å². The smallest absolute Gasteiger partial charge is 0.217 e. The molecule has 0 aliphatic rings. The highest BCUT2D eigenvalue weighted by molar-refractivity contribution is 5.97. The van der Waals surface area contributed by atoms with E-state index in [0.29, 0.717) is 30.1 Å². The van der Waals surface area contributed by atoms with Gasteiger partial charge in [-0.2, -0.15) is 0 Å². The number of carbonyl (C=O) groups is 1. The quantitative estimate of drug-likeness (QED) is 0.625. The van der Waals surface area contributed by atoms with Crippen LogP contribution in [0, 0.1) is 0 Å². The summed E-state index contributed by atoms with van der Waals surface area (Å²) in [6, 6.07) is 19.0. The molecule has 6 heteroatoms. The summed E-state index contributed by atoms with van der Waals surface area (Å²) in [4.78, 5) is 20.7. The fourth-order valence-electron chi connectivity index (χ4n) is 2.65. The molecule has 0 saturated carbocycles. The van der Waals surface area contributed by atoms with Crippen molar-refractivity contribution in [2.24, 2.45) is 5.73 Å². The van der Waals surface area contributed by atoms with Gasteiger partial charge in [0, 0.05) is 24.6 Å². The molecular weight excluding hydrogens is 362 g/mol. The van der Waals surface area contributed by atoms with Gasteiger partial charge in [0.1, 0.15) is 12.4 Å². The summed E-state index contributed by atoms with van der Waals surface area (Å²) in [6.45, 7) is 2.25. The Balaban J connectivity index is 0.00000261. The molecule has 2 N–H and O–H groups in total. The molecule has 0 spiro atoms. The fraction of sp³-hybridized carbons (Fsp3) is 0.190. The highest BCUT2D eigenvalue weighted by Gasteiger charge is 2.13. The number of halogens is 1.